The zero-order valence-corrected chi connectivity index (χ0v) is 10.6. The van der Waals surface area contributed by atoms with E-state index in [0.29, 0.717) is 12.2 Å². The molecule has 0 atom stereocenters. The summed E-state index contributed by atoms with van der Waals surface area (Å²) in [4.78, 5) is 11.2. The summed E-state index contributed by atoms with van der Waals surface area (Å²) in [6.45, 7) is 12.2. The van der Waals surface area contributed by atoms with Gasteiger partial charge in [-0.1, -0.05) is 46.6 Å². The van der Waals surface area contributed by atoms with Gasteiger partial charge in [0.15, 0.2) is 0 Å². The molecule has 15 heavy (non-hydrogen) atoms. The van der Waals surface area contributed by atoms with Gasteiger partial charge in [0, 0.05) is 5.57 Å². The molecule has 0 aliphatic carbocycles. The smallest absolute Gasteiger partial charge is 0.333 e. The molecule has 0 saturated carbocycles. The van der Waals surface area contributed by atoms with Gasteiger partial charge in [0.25, 0.3) is 0 Å². The van der Waals surface area contributed by atoms with E-state index >= 15 is 0 Å². The van der Waals surface area contributed by atoms with Crippen LogP contribution in [0.1, 0.15) is 53.4 Å². The molecule has 0 aliphatic heterocycles. The molecule has 0 heterocycles. The van der Waals surface area contributed by atoms with Gasteiger partial charge in [-0.05, 0) is 18.8 Å². The summed E-state index contributed by atoms with van der Waals surface area (Å²) in [6.07, 6.45) is 4.78. The molecule has 0 rings (SSSR count). The first-order chi connectivity index (χ1) is 6.89. The zero-order chi connectivity index (χ0) is 11.9. The highest BCUT2D eigenvalue weighted by molar-refractivity contribution is 5.86. The van der Waals surface area contributed by atoms with E-state index in [1.54, 1.807) is 6.92 Å². The average Bonchev–Trinajstić information content (AvgIpc) is 2.14. The standard InChI is InChI=1S/C13H24O2/c1-6-7-8-9-13(4,5)10-15-12(14)11(2)3/h2,6-10H2,1,3-5H3. The van der Waals surface area contributed by atoms with Crippen molar-refractivity contribution in [3.05, 3.63) is 12.2 Å². The van der Waals surface area contributed by atoms with Crippen LogP contribution < -0.4 is 0 Å². The largest absolute Gasteiger partial charge is 0.462 e. The monoisotopic (exact) mass is 212 g/mol. The van der Waals surface area contributed by atoms with Crippen LogP contribution in [0.3, 0.4) is 0 Å². The van der Waals surface area contributed by atoms with Gasteiger partial charge in [-0.3, -0.25) is 0 Å². The Bertz CT molecular complexity index is 217. The summed E-state index contributed by atoms with van der Waals surface area (Å²) < 4.78 is 5.16. The minimum Gasteiger partial charge on any atom is -0.462 e. The van der Waals surface area contributed by atoms with Crippen LogP contribution in [0.25, 0.3) is 0 Å². The van der Waals surface area contributed by atoms with Crippen molar-refractivity contribution in [3.8, 4) is 0 Å². The van der Waals surface area contributed by atoms with Crippen molar-refractivity contribution >= 4 is 5.97 Å². The maximum atomic E-state index is 11.2. The number of rotatable bonds is 7. The predicted octanol–water partition coefficient (Wildman–Crippen LogP) is 3.71. The molecule has 0 aromatic heterocycles. The highest BCUT2D eigenvalue weighted by atomic mass is 16.5. The molecular weight excluding hydrogens is 188 g/mol. The van der Waals surface area contributed by atoms with Crippen LogP contribution in [0, 0.1) is 5.41 Å². The van der Waals surface area contributed by atoms with Gasteiger partial charge in [-0.15, -0.1) is 0 Å². The predicted molar refractivity (Wildman–Crippen MR) is 63.7 cm³/mol. The minimum atomic E-state index is -0.279. The second-order valence-corrected chi connectivity index (χ2v) is 4.98. The quantitative estimate of drug-likeness (QED) is 0.365. The van der Waals surface area contributed by atoms with Gasteiger partial charge in [-0.2, -0.15) is 0 Å². The first kappa shape index (κ1) is 14.2. The maximum absolute atomic E-state index is 11.2. The van der Waals surface area contributed by atoms with E-state index in [1.807, 2.05) is 0 Å². The lowest BCUT2D eigenvalue weighted by Gasteiger charge is -2.24. The molecule has 2 heteroatoms. The topological polar surface area (TPSA) is 26.3 Å². The van der Waals surface area contributed by atoms with Gasteiger partial charge < -0.3 is 4.74 Å². The minimum absolute atomic E-state index is 0.0836. The Morgan fingerprint density at radius 1 is 1.33 bits per heavy atom. The summed E-state index contributed by atoms with van der Waals surface area (Å²) >= 11 is 0. The zero-order valence-electron chi connectivity index (χ0n) is 10.6. The van der Waals surface area contributed by atoms with Crippen molar-refractivity contribution in [2.45, 2.75) is 53.4 Å². The van der Waals surface area contributed by atoms with Crippen LogP contribution in [-0.4, -0.2) is 12.6 Å². The van der Waals surface area contributed by atoms with E-state index in [0.717, 1.165) is 6.42 Å². The Morgan fingerprint density at radius 3 is 2.40 bits per heavy atom. The number of hydrogen-bond acceptors (Lipinski definition) is 2. The van der Waals surface area contributed by atoms with Crippen LogP contribution in [0.15, 0.2) is 12.2 Å². The Hall–Kier alpha value is -0.790. The molecule has 0 aromatic rings. The molecular formula is C13H24O2. The van der Waals surface area contributed by atoms with E-state index in [1.165, 1.54) is 19.3 Å². The van der Waals surface area contributed by atoms with E-state index in [4.69, 9.17) is 4.74 Å². The van der Waals surface area contributed by atoms with Gasteiger partial charge in [-0.25, -0.2) is 4.79 Å². The summed E-state index contributed by atoms with van der Waals surface area (Å²) in [5.41, 5.74) is 0.555. The fourth-order valence-corrected chi connectivity index (χ4v) is 1.31. The lowest BCUT2D eigenvalue weighted by Crippen LogP contribution is -2.22. The first-order valence-corrected chi connectivity index (χ1v) is 5.71. The normalized spacial score (nSPS) is 11.2. The number of ether oxygens (including phenoxy) is 1. The molecule has 0 bridgehead atoms. The van der Waals surface area contributed by atoms with Crippen LogP contribution in [0.2, 0.25) is 0 Å². The van der Waals surface area contributed by atoms with Crippen LogP contribution in [0.4, 0.5) is 0 Å². The molecule has 2 nitrogen and oxygen atoms in total. The molecule has 0 aromatic carbocycles. The number of esters is 1. The Balaban J connectivity index is 3.82. The van der Waals surface area contributed by atoms with Crippen molar-refractivity contribution in [1.82, 2.24) is 0 Å². The van der Waals surface area contributed by atoms with Crippen molar-refractivity contribution in [2.24, 2.45) is 5.41 Å². The van der Waals surface area contributed by atoms with Crippen molar-refractivity contribution in [2.75, 3.05) is 6.61 Å². The Labute approximate surface area is 93.7 Å². The van der Waals surface area contributed by atoms with Gasteiger partial charge in [0.2, 0.25) is 0 Å². The number of carbonyl (C=O) groups excluding carboxylic acids is 1. The third-order valence-electron chi connectivity index (χ3n) is 2.40. The van der Waals surface area contributed by atoms with Crippen molar-refractivity contribution in [1.29, 1.82) is 0 Å². The molecule has 0 amide bonds. The second kappa shape index (κ2) is 6.65. The summed E-state index contributed by atoms with van der Waals surface area (Å²) in [6, 6.07) is 0. The number of carbonyl (C=O) groups is 1. The van der Waals surface area contributed by atoms with Crippen molar-refractivity contribution < 1.29 is 9.53 Å². The molecule has 0 fully saturated rings. The molecule has 0 unspecified atom stereocenters. The fourth-order valence-electron chi connectivity index (χ4n) is 1.31. The van der Waals surface area contributed by atoms with Gasteiger partial charge >= 0.3 is 5.97 Å². The summed E-state index contributed by atoms with van der Waals surface area (Å²) in [5.74, 6) is -0.279. The number of unbranched alkanes of at least 4 members (excludes halogenated alkanes) is 2. The van der Waals surface area contributed by atoms with E-state index < -0.39 is 0 Å². The fraction of sp³-hybridized carbons (Fsp3) is 0.769. The highest BCUT2D eigenvalue weighted by Crippen LogP contribution is 2.24. The second-order valence-electron chi connectivity index (χ2n) is 4.98. The Morgan fingerprint density at radius 2 is 1.93 bits per heavy atom. The van der Waals surface area contributed by atoms with E-state index in [9.17, 15) is 4.79 Å². The van der Waals surface area contributed by atoms with Gasteiger partial charge in [0.1, 0.15) is 0 Å². The molecule has 0 aliphatic rings. The molecule has 88 valence electrons. The Kier molecular flexibility index (Phi) is 6.30. The van der Waals surface area contributed by atoms with Crippen LogP contribution >= 0.6 is 0 Å². The van der Waals surface area contributed by atoms with Gasteiger partial charge in [0.05, 0.1) is 6.61 Å². The lowest BCUT2D eigenvalue weighted by molar-refractivity contribution is -0.142. The summed E-state index contributed by atoms with van der Waals surface area (Å²) in [7, 11) is 0. The molecule has 0 N–H and O–H groups in total. The lowest BCUT2D eigenvalue weighted by atomic mass is 9.88. The highest BCUT2D eigenvalue weighted by Gasteiger charge is 2.19. The molecule has 0 saturated heterocycles. The van der Waals surface area contributed by atoms with Crippen LogP contribution in [0.5, 0.6) is 0 Å². The van der Waals surface area contributed by atoms with E-state index in [-0.39, 0.29) is 11.4 Å². The third kappa shape index (κ3) is 7.18. The average molecular weight is 212 g/mol. The maximum Gasteiger partial charge on any atom is 0.333 e. The number of hydrogen-bond donors (Lipinski definition) is 0. The molecule has 0 radical (unpaired) electrons. The molecule has 0 spiro atoms. The van der Waals surface area contributed by atoms with Crippen molar-refractivity contribution in [3.63, 3.8) is 0 Å². The van der Waals surface area contributed by atoms with Crippen LogP contribution in [-0.2, 0) is 9.53 Å². The SMILES string of the molecule is C=C(C)C(=O)OCC(C)(C)CCCCC. The third-order valence-corrected chi connectivity index (χ3v) is 2.40. The summed E-state index contributed by atoms with van der Waals surface area (Å²) in [5, 5.41) is 0. The van der Waals surface area contributed by atoms with E-state index in [2.05, 4.69) is 27.4 Å². The first-order valence-electron chi connectivity index (χ1n) is 5.71.